The zero-order chi connectivity index (χ0) is 17.5. The molecule has 0 bridgehead atoms. The van der Waals surface area contributed by atoms with Crippen molar-refractivity contribution in [2.45, 2.75) is 25.8 Å². The Morgan fingerprint density at radius 2 is 1.96 bits per heavy atom. The van der Waals surface area contributed by atoms with Gasteiger partial charge in [0.15, 0.2) is 6.61 Å². The molecule has 1 N–H and O–H groups in total. The Labute approximate surface area is 140 Å². The van der Waals surface area contributed by atoms with E-state index in [4.69, 9.17) is 9.47 Å². The molecule has 1 aromatic rings. The first-order chi connectivity index (χ1) is 11.5. The third-order valence-electron chi connectivity index (χ3n) is 3.48. The average Bonchev–Trinajstić information content (AvgIpc) is 3.36. The molecule has 0 aliphatic heterocycles. The summed E-state index contributed by atoms with van der Waals surface area (Å²) in [5, 5.41) is 2.79. The highest BCUT2D eigenvalue weighted by atomic mass is 16.5. The van der Waals surface area contributed by atoms with Crippen molar-refractivity contribution in [1.82, 2.24) is 10.2 Å². The Bertz CT molecular complexity index is 613. The van der Waals surface area contributed by atoms with Gasteiger partial charge < -0.3 is 19.7 Å². The van der Waals surface area contributed by atoms with Crippen LogP contribution in [0.15, 0.2) is 24.3 Å². The maximum Gasteiger partial charge on any atom is 0.342 e. The highest BCUT2D eigenvalue weighted by molar-refractivity contribution is 5.94. The van der Waals surface area contributed by atoms with Crippen molar-refractivity contribution in [3.05, 3.63) is 29.8 Å². The number of para-hydroxylation sites is 1. The number of ether oxygens (including phenoxy) is 2. The minimum atomic E-state index is -0.636. The van der Waals surface area contributed by atoms with Crippen LogP contribution in [0, 0.1) is 0 Å². The molecular formula is C17H22N2O5. The molecule has 1 aromatic carbocycles. The van der Waals surface area contributed by atoms with E-state index < -0.39 is 18.5 Å². The molecule has 2 amide bonds. The van der Waals surface area contributed by atoms with Crippen molar-refractivity contribution in [3.63, 3.8) is 0 Å². The van der Waals surface area contributed by atoms with E-state index in [2.05, 4.69) is 5.32 Å². The second-order valence-electron chi connectivity index (χ2n) is 5.60. The predicted octanol–water partition coefficient (Wildman–Crippen LogP) is 0.979. The van der Waals surface area contributed by atoms with Crippen LogP contribution >= 0.6 is 0 Å². The molecule has 1 saturated carbocycles. The monoisotopic (exact) mass is 334 g/mol. The van der Waals surface area contributed by atoms with Crippen molar-refractivity contribution in [2.24, 2.45) is 0 Å². The first kappa shape index (κ1) is 17.8. The number of hydrogen-bond acceptors (Lipinski definition) is 5. The predicted molar refractivity (Wildman–Crippen MR) is 86.7 cm³/mol. The third-order valence-corrected chi connectivity index (χ3v) is 3.48. The Balaban J connectivity index is 1.81. The highest BCUT2D eigenvalue weighted by Crippen LogP contribution is 2.19. The van der Waals surface area contributed by atoms with Crippen LogP contribution in [0.4, 0.5) is 0 Å². The van der Waals surface area contributed by atoms with Gasteiger partial charge in [-0.3, -0.25) is 9.59 Å². The smallest absolute Gasteiger partial charge is 0.342 e. The fourth-order valence-electron chi connectivity index (χ4n) is 2.04. The van der Waals surface area contributed by atoms with Crippen molar-refractivity contribution in [1.29, 1.82) is 0 Å². The Kier molecular flexibility index (Phi) is 6.17. The molecule has 1 aliphatic carbocycles. The van der Waals surface area contributed by atoms with Gasteiger partial charge in [-0.05, 0) is 31.9 Å². The summed E-state index contributed by atoms with van der Waals surface area (Å²) in [5.41, 5.74) is 0.265. The number of hydrogen-bond donors (Lipinski definition) is 1. The van der Waals surface area contributed by atoms with E-state index in [0.29, 0.717) is 12.4 Å². The minimum absolute atomic E-state index is 0.0532. The Hall–Kier alpha value is -2.57. The summed E-state index contributed by atoms with van der Waals surface area (Å²) >= 11 is 0. The maximum atomic E-state index is 12.1. The van der Waals surface area contributed by atoms with Crippen molar-refractivity contribution >= 4 is 17.8 Å². The molecule has 2 rings (SSSR count). The second kappa shape index (κ2) is 8.33. The van der Waals surface area contributed by atoms with Crippen LogP contribution in [0.2, 0.25) is 0 Å². The van der Waals surface area contributed by atoms with Gasteiger partial charge in [0.1, 0.15) is 11.3 Å². The number of likely N-dealkylation sites (N-methyl/N-ethyl adjacent to an activating group) is 1. The lowest BCUT2D eigenvalue weighted by atomic mass is 10.2. The minimum Gasteiger partial charge on any atom is -0.493 e. The van der Waals surface area contributed by atoms with E-state index in [1.807, 2.05) is 6.92 Å². The molecule has 0 heterocycles. The molecular weight excluding hydrogens is 312 g/mol. The summed E-state index contributed by atoms with van der Waals surface area (Å²) in [6.45, 7) is 1.75. The lowest BCUT2D eigenvalue weighted by molar-refractivity contribution is -0.137. The summed E-state index contributed by atoms with van der Waals surface area (Å²) in [5.74, 6) is -0.873. The second-order valence-corrected chi connectivity index (χ2v) is 5.60. The van der Waals surface area contributed by atoms with Crippen LogP contribution in [0.5, 0.6) is 5.75 Å². The number of benzene rings is 1. The normalized spacial score (nSPS) is 13.1. The fourth-order valence-corrected chi connectivity index (χ4v) is 2.04. The SMILES string of the molecule is CCOc1ccccc1C(=O)OCC(=O)N(C)CC(=O)NC1CC1. The number of nitrogens with zero attached hydrogens (tertiary/aromatic N) is 1. The largest absolute Gasteiger partial charge is 0.493 e. The van der Waals surface area contributed by atoms with Crippen LogP contribution in [0.25, 0.3) is 0 Å². The topological polar surface area (TPSA) is 84.9 Å². The molecule has 7 nitrogen and oxygen atoms in total. The molecule has 0 atom stereocenters. The van der Waals surface area contributed by atoms with Crippen molar-refractivity contribution in [3.8, 4) is 5.75 Å². The Morgan fingerprint density at radius 1 is 1.25 bits per heavy atom. The molecule has 0 radical (unpaired) electrons. The van der Waals surface area contributed by atoms with Crippen LogP contribution in [-0.4, -0.2) is 55.5 Å². The summed E-state index contributed by atoms with van der Waals surface area (Å²) in [4.78, 5) is 36.9. The zero-order valence-electron chi connectivity index (χ0n) is 13.9. The maximum absolute atomic E-state index is 12.1. The van der Waals surface area contributed by atoms with Gasteiger partial charge in [0.25, 0.3) is 5.91 Å². The number of rotatable bonds is 8. The number of nitrogens with one attached hydrogen (secondary N) is 1. The summed E-state index contributed by atoms with van der Waals surface area (Å²) < 4.78 is 10.4. The van der Waals surface area contributed by atoms with Crippen LogP contribution < -0.4 is 10.1 Å². The van der Waals surface area contributed by atoms with E-state index in [9.17, 15) is 14.4 Å². The van der Waals surface area contributed by atoms with E-state index >= 15 is 0 Å². The molecule has 0 saturated heterocycles. The van der Waals surface area contributed by atoms with Gasteiger partial charge >= 0.3 is 5.97 Å². The molecule has 1 fully saturated rings. The van der Waals surface area contributed by atoms with Gasteiger partial charge in [0.2, 0.25) is 5.91 Å². The molecule has 0 aromatic heterocycles. The van der Waals surface area contributed by atoms with E-state index in [1.54, 1.807) is 24.3 Å². The van der Waals surface area contributed by atoms with Crippen LogP contribution in [0.1, 0.15) is 30.1 Å². The van der Waals surface area contributed by atoms with Gasteiger partial charge in [-0.2, -0.15) is 0 Å². The standard InChI is InChI=1S/C17H22N2O5/c1-3-23-14-7-5-4-6-13(14)17(22)24-11-16(21)19(2)10-15(20)18-12-8-9-12/h4-7,12H,3,8-11H2,1-2H3,(H,18,20). The molecule has 0 spiro atoms. The molecule has 0 unspecified atom stereocenters. The number of amides is 2. The zero-order valence-corrected chi connectivity index (χ0v) is 13.9. The number of carbonyl (C=O) groups excluding carboxylic acids is 3. The van der Waals surface area contributed by atoms with E-state index in [0.717, 1.165) is 12.8 Å². The van der Waals surface area contributed by atoms with Crippen LogP contribution in [0.3, 0.4) is 0 Å². The van der Waals surface area contributed by atoms with Gasteiger partial charge in [-0.25, -0.2) is 4.79 Å². The van der Waals surface area contributed by atoms with Gasteiger partial charge in [-0.15, -0.1) is 0 Å². The van der Waals surface area contributed by atoms with E-state index in [-0.39, 0.29) is 24.1 Å². The summed E-state index contributed by atoms with van der Waals surface area (Å²) in [6.07, 6.45) is 1.97. The average molecular weight is 334 g/mol. The van der Waals surface area contributed by atoms with Crippen molar-refractivity contribution < 1.29 is 23.9 Å². The molecule has 7 heteroatoms. The quantitative estimate of drug-likeness (QED) is 0.716. The Morgan fingerprint density at radius 3 is 2.62 bits per heavy atom. The molecule has 130 valence electrons. The lowest BCUT2D eigenvalue weighted by Gasteiger charge is -2.17. The molecule has 24 heavy (non-hydrogen) atoms. The van der Waals surface area contributed by atoms with E-state index in [1.165, 1.54) is 11.9 Å². The van der Waals surface area contributed by atoms with Crippen LogP contribution in [-0.2, 0) is 14.3 Å². The fraction of sp³-hybridized carbons (Fsp3) is 0.471. The number of esters is 1. The molecule has 1 aliphatic rings. The first-order valence-corrected chi connectivity index (χ1v) is 7.93. The highest BCUT2D eigenvalue weighted by Gasteiger charge is 2.24. The van der Waals surface area contributed by atoms with Gasteiger partial charge in [-0.1, -0.05) is 12.1 Å². The number of carbonyl (C=O) groups is 3. The summed E-state index contributed by atoms with van der Waals surface area (Å²) in [7, 11) is 1.50. The van der Waals surface area contributed by atoms with Crippen molar-refractivity contribution in [2.75, 3.05) is 26.8 Å². The first-order valence-electron chi connectivity index (χ1n) is 7.93. The van der Waals surface area contributed by atoms with Gasteiger partial charge in [0, 0.05) is 13.1 Å². The van der Waals surface area contributed by atoms with Gasteiger partial charge in [0.05, 0.1) is 13.2 Å². The lowest BCUT2D eigenvalue weighted by Crippen LogP contribution is -2.40. The summed E-state index contributed by atoms with van der Waals surface area (Å²) in [6, 6.07) is 6.92. The third kappa shape index (κ3) is 5.26.